The number of anilines is 1. The zero-order chi connectivity index (χ0) is 21.1. The average Bonchev–Trinajstić information content (AvgIpc) is 2.78. The predicted octanol–water partition coefficient (Wildman–Crippen LogP) is 4.84. The third kappa shape index (κ3) is 2.83. The lowest BCUT2D eigenvalue weighted by Crippen LogP contribution is -2.34. The van der Waals surface area contributed by atoms with Gasteiger partial charge in [-0.2, -0.15) is 0 Å². The number of nitrogens with zero attached hydrogens (tertiary/aromatic N) is 1. The molecule has 0 bridgehead atoms. The molecule has 4 aromatic rings. The third-order valence-electron chi connectivity index (χ3n) is 6.49. The van der Waals surface area contributed by atoms with Crippen LogP contribution in [0.5, 0.6) is 0 Å². The minimum absolute atomic E-state index is 0.124. The molecule has 2 aliphatic heterocycles. The van der Waals surface area contributed by atoms with Crippen molar-refractivity contribution in [2.45, 2.75) is 32.1 Å². The van der Waals surface area contributed by atoms with Gasteiger partial charge in [0.15, 0.2) is 5.58 Å². The molecule has 2 aromatic heterocycles. The second-order valence-corrected chi connectivity index (χ2v) is 8.75. The first-order valence-electron chi connectivity index (χ1n) is 10.7. The zero-order valence-corrected chi connectivity index (χ0v) is 17.6. The Kier molecular flexibility index (Phi) is 4.22. The average molecular weight is 434 g/mol. The minimum atomic E-state index is -0.560. The number of halogens is 1. The minimum Gasteiger partial charge on any atom is -0.422 e. The topological polar surface area (TPSA) is 63.7 Å². The van der Waals surface area contributed by atoms with E-state index in [2.05, 4.69) is 4.90 Å². The van der Waals surface area contributed by atoms with Crippen LogP contribution in [0.4, 0.5) is 5.69 Å². The molecule has 0 N–H and O–H groups in total. The van der Waals surface area contributed by atoms with Gasteiger partial charge in [-0.15, -0.1) is 0 Å². The van der Waals surface area contributed by atoms with E-state index >= 15 is 0 Å². The molecule has 0 spiro atoms. The molecule has 0 saturated heterocycles. The van der Waals surface area contributed by atoms with Crippen LogP contribution in [-0.2, 0) is 19.3 Å². The van der Waals surface area contributed by atoms with E-state index in [1.54, 1.807) is 0 Å². The highest BCUT2D eigenvalue weighted by Crippen LogP contribution is 2.41. The summed E-state index contributed by atoms with van der Waals surface area (Å²) in [5.41, 5.74) is 4.34. The maximum Gasteiger partial charge on any atom is 0.348 e. The summed E-state index contributed by atoms with van der Waals surface area (Å²) in [4.78, 5) is 28.3. The fourth-order valence-electron chi connectivity index (χ4n) is 5.13. The van der Waals surface area contributed by atoms with Gasteiger partial charge in [-0.1, -0.05) is 41.9 Å². The number of aryl methyl sites for hydroxylation is 2. The largest absolute Gasteiger partial charge is 0.422 e. The standard InChI is InChI=1S/C25H20ClNO4/c26-20-17(12-14-6-2-1-3-7-14)24(28)31-23-18-13-15-8-4-10-27-11-5-9-16(21(15)27)22(18)30-25(29)19(20)23/h1-3,6-7,13H,4-5,8-12H2. The molecule has 0 aliphatic carbocycles. The molecule has 5 nitrogen and oxygen atoms in total. The quantitative estimate of drug-likeness (QED) is 0.334. The van der Waals surface area contributed by atoms with Crippen LogP contribution in [0, 0.1) is 0 Å². The van der Waals surface area contributed by atoms with Crippen molar-refractivity contribution in [3.63, 3.8) is 0 Å². The second kappa shape index (κ2) is 6.99. The molecule has 31 heavy (non-hydrogen) atoms. The Balaban J connectivity index is 1.66. The van der Waals surface area contributed by atoms with E-state index in [4.69, 9.17) is 20.4 Å². The SMILES string of the molecule is O=c1oc2c(c(Cl)c1Cc1ccccc1)c(=O)oc1c3c4c(cc12)CCCN4CCC3. The Hall–Kier alpha value is -3.05. The van der Waals surface area contributed by atoms with Gasteiger partial charge in [0.25, 0.3) is 0 Å². The summed E-state index contributed by atoms with van der Waals surface area (Å²) in [6.45, 7) is 2.04. The number of rotatable bonds is 2. The van der Waals surface area contributed by atoms with Gasteiger partial charge >= 0.3 is 11.3 Å². The van der Waals surface area contributed by atoms with Crippen LogP contribution < -0.4 is 16.2 Å². The van der Waals surface area contributed by atoms with Gasteiger partial charge in [-0.25, -0.2) is 9.59 Å². The van der Waals surface area contributed by atoms with Crippen molar-refractivity contribution >= 4 is 39.2 Å². The van der Waals surface area contributed by atoms with Crippen molar-refractivity contribution in [1.82, 2.24) is 0 Å². The van der Waals surface area contributed by atoms with Crippen LogP contribution in [0.25, 0.3) is 21.9 Å². The van der Waals surface area contributed by atoms with E-state index in [0.29, 0.717) is 17.4 Å². The van der Waals surface area contributed by atoms with Crippen molar-refractivity contribution in [2.75, 3.05) is 18.0 Å². The summed E-state index contributed by atoms with van der Waals surface area (Å²) < 4.78 is 11.6. The summed E-state index contributed by atoms with van der Waals surface area (Å²) in [5.74, 6) is 0. The molecule has 0 unspecified atom stereocenters. The van der Waals surface area contributed by atoms with E-state index in [1.165, 1.54) is 11.3 Å². The smallest absolute Gasteiger partial charge is 0.348 e. The number of benzene rings is 2. The normalized spacial score (nSPS) is 15.5. The molecule has 0 amide bonds. The zero-order valence-electron chi connectivity index (χ0n) is 16.9. The lowest BCUT2D eigenvalue weighted by molar-refractivity contribution is 0.533. The number of hydrogen-bond acceptors (Lipinski definition) is 5. The first-order valence-corrected chi connectivity index (χ1v) is 11.1. The molecule has 6 rings (SSSR count). The highest BCUT2D eigenvalue weighted by atomic mass is 35.5. The highest BCUT2D eigenvalue weighted by molar-refractivity contribution is 6.36. The molecule has 0 atom stereocenters. The Labute approximate surface area is 182 Å². The molecule has 156 valence electrons. The Morgan fingerprint density at radius 3 is 2.48 bits per heavy atom. The van der Waals surface area contributed by atoms with E-state index in [0.717, 1.165) is 49.9 Å². The van der Waals surface area contributed by atoms with Crippen molar-refractivity contribution in [1.29, 1.82) is 0 Å². The molecule has 6 heteroatoms. The molecule has 4 heterocycles. The third-order valence-corrected chi connectivity index (χ3v) is 6.91. The van der Waals surface area contributed by atoms with Crippen LogP contribution >= 0.6 is 11.6 Å². The fourth-order valence-corrected chi connectivity index (χ4v) is 5.43. The predicted molar refractivity (Wildman–Crippen MR) is 122 cm³/mol. The molecule has 2 aliphatic rings. The van der Waals surface area contributed by atoms with Gasteiger partial charge in [-0.05, 0) is 42.9 Å². The number of fused-ring (bicyclic) bond motifs is 4. The summed E-state index contributed by atoms with van der Waals surface area (Å²) in [6, 6.07) is 11.5. The van der Waals surface area contributed by atoms with E-state index in [-0.39, 0.29) is 21.6 Å². The lowest BCUT2D eigenvalue weighted by Gasteiger charge is -2.37. The molecule has 0 fully saturated rings. The monoisotopic (exact) mass is 433 g/mol. The summed E-state index contributed by atoms with van der Waals surface area (Å²) in [5, 5.41) is 0.937. The van der Waals surface area contributed by atoms with Crippen LogP contribution in [0.3, 0.4) is 0 Å². The first kappa shape index (κ1) is 18.7. The van der Waals surface area contributed by atoms with Gasteiger partial charge in [0.1, 0.15) is 11.0 Å². The van der Waals surface area contributed by atoms with Crippen molar-refractivity contribution in [3.05, 3.63) is 84.5 Å². The van der Waals surface area contributed by atoms with Crippen molar-refractivity contribution in [2.24, 2.45) is 0 Å². The van der Waals surface area contributed by atoms with E-state index in [1.807, 2.05) is 36.4 Å². The van der Waals surface area contributed by atoms with Crippen LogP contribution in [0.2, 0.25) is 5.02 Å². The highest BCUT2D eigenvalue weighted by Gasteiger charge is 2.29. The molecular formula is C25H20ClNO4. The van der Waals surface area contributed by atoms with Gasteiger partial charge in [0.2, 0.25) is 0 Å². The maximum absolute atomic E-state index is 13.0. The lowest BCUT2D eigenvalue weighted by atomic mass is 9.90. The number of hydrogen-bond donors (Lipinski definition) is 0. The first-order chi connectivity index (χ1) is 15.1. The summed E-state index contributed by atoms with van der Waals surface area (Å²) in [7, 11) is 0. The van der Waals surface area contributed by atoms with Gasteiger partial charge in [0, 0.05) is 30.8 Å². The van der Waals surface area contributed by atoms with Crippen LogP contribution in [0.1, 0.15) is 35.1 Å². The maximum atomic E-state index is 13.0. The molecule has 0 radical (unpaired) electrons. The Bertz CT molecular complexity index is 1470. The summed E-state index contributed by atoms with van der Waals surface area (Å²) >= 11 is 6.63. The van der Waals surface area contributed by atoms with Gasteiger partial charge < -0.3 is 13.7 Å². The fraction of sp³-hybridized carbons (Fsp3) is 0.280. The molecule has 2 aromatic carbocycles. The van der Waals surface area contributed by atoms with Crippen molar-refractivity contribution in [3.8, 4) is 0 Å². The molecular weight excluding hydrogens is 414 g/mol. The Morgan fingerprint density at radius 1 is 0.935 bits per heavy atom. The van der Waals surface area contributed by atoms with E-state index in [9.17, 15) is 9.59 Å². The Morgan fingerprint density at radius 2 is 1.68 bits per heavy atom. The van der Waals surface area contributed by atoms with Gasteiger partial charge in [0.05, 0.1) is 16.0 Å². The van der Waals surface area contributed by atoms with E-state index < -0.39 is 11.3 Å². The van der Waals surface area contributed by atoms with Crippen LogP contribution in [0.15, 0.2) is 54.8 Å². The van der Waals surface area contributed by atoms with Crippen molar-refractivity contribution < 1.29 is 8.83 Å². The van der Waals surface area contributed by atoms with Crippen LogP contribution in [-0.4, -0.2) is 13.1 Å². The second-order valence-electron chi connectivity index (χ2n) is 8.37. The molecule has 0 saturated carbocycles. The summed E-state index contributed by atoms with van der Waals surface area (Å²) in [6.07, 6.45) is 4.18. The van der Waals surface area contributed by atoms with Gasteiger partial charge in [-0.3, -0.25) is 0 Å².